The second-order valence-corrected chi connectivity index (χ2v) is 6.12. The molecule has 6 heteroatoms. The average Bonchev–Trinajstić information content (AvgIpc) is 3.01. The van der Waals surface area contributed by atoms with Crippen LogP contribution in [-0.2, 0) is 6.54 Å². The minimum Gasteiger partial charge on any atom is -0.352 e. The number of nitrogens with zero attached hydrogens (tertiary/aromatic N) is 4. The van der Waals surface area contributed by atoms with Gasteiger partial charge in [-0.1, -0.05) is 11.6 Å². The van der Waals surface area contributed by atoms with Crippen molar-refractivity contribution in [2.75, 3.05) is 26.2 Å². The van der Waals surface area contributed by atoms with Crippen LogP contribution >= 0.6 is 0 Å². The number of aryl methyl sites for hydroxylation is 1. The van der Waals surface area contributed by atoms with Gasteiger partial charge in [-0.3, -0.25) is 4.79 Å². The second kappa shape index (κ2) is 7.55. The summed E-state index contributed by atoms with van der Waals surface area (Å²) in [4.78, 5) is 14.7. The third kappa shape index (κ3) is 3.88. The van der Waals surface area contributed by atoms with E-state index in [1.807, 2.05) is 29.8 Å². The number of aromatic nitrogens is 3. The Kier molecular flexibility index (Phi) is 5.23. The first kappa shape index (κ1) is 15.9. The van der Waals surface area contributed by atoms with Gasteiger partial charge in [0.25, 0.3) is 5.91 Å². The Bertz CT molecular complexity index is 660. The number of nitrogens with one attached hydrogen (secondary N) is 1. The molecule has 1 aliphatic rings. The number of piperidine rings is 1. The summed E-state index contributed by atoms with van der Waals surface area (Å²) in [6.07, 6.45) is 4.98. The van der Waals surface area contributed by atoms with Crippen LogP contribution in [0.5, 0.6) is 0 Å². The predicted molar refractivity (Wildman–Crippen MR) is 90.4 cm³/mol. The van der Waals surface area contributed by atoms with Crippen molar-refractivity contribution < 1.29 is 4.79 Å². The summed E-state index contributed by atoms with van der Waals surface area (Å²) in [5.41, 5.74) is 2.39. The average molecular weight is 315 g/mol. The maximum Gasteiger partial charge on any atom is 0.251 e. The van der Waals surface area contributed by atoms with E-state index in [0.717, 1.165) is 37.1 Å². The van der Waals surface area contributed by atoms with Crippen molar-refractivity contribution >= 4 is 16.9 Å². The molecule has 124 valence electrons. The number of carbonyl (C=O) groups excluding carboxylic acids is 1. The molecular formula is C17H25N5O. The van der Waals surface area contributed by atoms with E-state index < -0.39 is 0 Å². The van der Waals surface area contributed by atoms with Crippen molar-refractivity contribution in [3.8, 4) is 0 Å². The number of amides is 1. The van der Waals surface area contributed by atoms with Gasteiger partial charge in [0.2, 0.25) is 0 Å². The van der Waals surface area contributed by atoms with Crippen LogP contribution < -0.4 is 5.32 Å². The molecule has 6 nitrogen and oxygen atoms in total. The second-order valence-electron chi connectivity index (χ2n) is 6.12. The Morgan fingerprint density at radius 1 is 1.26 bits per heavy atom. The summed E-state index contributed by atoms with van der Waals surface area (Å²) < 4.78 is 1.83. The van der Waals surface area contributed by atoms with E-state index in [2.05, 4.69) is 20.5 Å². The van der Waals surface area contributed by atoms with Crippen LogP contribution in [0, 0.1) is 0 Å². The zero-order valence-electron chi connectivity index (χ0n) is 13.8. The summed E-state index contributed by atoms with van der Waals surface area (Å²) in [6.45, 7) is 7.00. The summed E-state index contributed by atoms with van der Waals surface area (Å²) in [5.74, 6) is -0.0309. The van der Waals surface area contributed by atoms with Gasteiger partial charge in [0.05, 0.1) is 5.52 Å². The molecule has 3 rings (SSSR count). The number of hydrogen-bond acceptors (Lipinski definition) is 4. The molecule has 1 aromatic carbocycles. The number of hydrogen-bond donors (Lipinski definition) is 1. The van der Waals surface area contributed by atoms with E-state index in [9.17, 15) is 4.79 Å². The van der Waals surface area contributed by atoms with Crippen molar-refractivity contribution in [1.29, 1.82) is 0 Å². The van der Waals surface area contributed by atoms with E-state index in [0.29, 0.717) is 5.56 Å². The fourth-order valence-electron chi connectivity index (χ4n) is 3.14. The van der Waals surface area contributed by atoms with Crippen molar-refractivity contribution in [3.63, 3.8) is 0 Å². The molecule has 0 unspecified atom stereocenters. The van der Waals surface area contributed by atoms with Crippen LogP contribution in [0.2, 0.25) is 0 Å². The minimum absolute atomic E-state index is 0.0309. The fraction of sp³-hybridized carbons (Fsp3) is 0.588. The highest BCUT2D eigenvalue weighted by atomic mass is 16.1. The highest BCUT2D eigenvalue weighted by molar-refractivity contribution is 5.97. The van der Waals surface area contributed by atoms with Gasteiger partial charge >= 0.3 is 0 Å². The van der Waals surface area contributed by atoms with E-state index in [1.54, 1.807) is 0 Å². The molecule has 1 aromatic heterocycles. The highest BCUT2D eigenvalue weighted by Crippen LogP contribution is 2.13. The summed E-state index contributed by atoms with van der Waals surface area (Å²) >= 11 is 0. The van der Waals surface area contributed by atoms with Gasteiger partial charge in [0.1, 0.15) is 5.52 Å². The Labute approximate surface area is 136 Å². The predicted octanol–water partition coefficient (Wildman–Crippen LogP) is 2.06. The molecular weight excluding hydrogens is 290 g/mol. The smallest absolute Gasteiger partial charge is 0.251 e. The molecule has 1 N–H and O–H groups in total. The van der Waals surface area contributed by atoms with E-state index >= 15 is 0 Å². The van der Waals surface area contributed by atoms with Crippen LogP contribution in [0.4, 0.5) is 0 Å². The van der Waals surface area contributed by atoms with E-state index in [1.165, 1.54) is 32.4 Å². The van der Waals surface area contributed by atoms with Crippen LogP contribution in [0.1, 0.15) is 43.0 Å². The maximum absolute atomic E-state index is 12.2. The lowest BCUT2D eigenvalue weighted by Gasteiger charge is -2.26. The first-order valence-electron chi connectivity index (χ1n) is 8.61. The molecule has 1 saturated heterocycles. The number of fused-ring (bicyclic) bond motifs is 1. The molecule has 0 aliphatic carbocycles. The van der Waals surface area contributed by atoms with Gasteiger partial charge in [-0.25, -0.2) is 4.68 Å². The maximum atomic E-state index is 12.2. The molecule has 0 radical (unpaired) electrons. The number of rotatable bonds is 6. The van der Waals surface area contributed by atoms with Crippen molar-refractivity contribution in [2.45, 2.75) is 39.2 Å². The molecule has 23 heavy (non-hydrogen) atoms. The number of likely N-dealkylation sites (tertiary alicyclic amines) is 1. The molecule has 0 spiro atoms. The number of carbonyl (C=O) groups is 1. The van der Waals surface area contributed by atoms with Crippen molar-refractivity contribution in [3.05, 3.63) is 23.8 Å². The Hall–Kier alpha value is -1.95. The van der Waals surface area contributed by atoms with Crippen LogP contribution in [0.3, 0.4) is 0 Å². The van der Waals surface area contributed by atoms with E-state index in [4.69, 9.17) is 0 Å². The SMILES string of the molecule is CCn1nnc2cc(C(=O)NCCCN3CCCCC3)ccc21. The molecule has 1 fully saturated rings. The highest BCUT2D eigenvalue weighted by Gasteiger charge is 2.11. The Morgan fingerprint density at radius 2 is 2.09 bits per heavy atom. The van der Waals surface area contributed by atoms with Crippen molar-refractivity contribution in [1.82, 2.24) is 25.2 Å². The zero-order chi connectivity index (χ0) is 16.1. The van der Waals surface area contributed by atoms with Gasteiger partial charge in [-0.2, -0.15) is 0 Å². The lowest BCUT2D eigenvalue weighted by atomic mass is 10.1. The lowest BCUT2D eigenvalue weighted by Crippen LogP contribution is -2.33. The van der Waals surface area contributed by atoms with Gasteiger partial charge in [-0.05, 0) is 64.0 Å². The van der Waals surface area contributed by atoms with Gasteiger partial charge < -0.3 is 10.2 Å². The van der Waals surface area contributed by atoms with Crippen LogP contribution in [-0.4, -0.2) is 52.0 Å². The van der Waals surface area contributed by atoms with E-state index in [-0.39, 0.29) is 5.91 Å². The molecule has 1 aliphatic heterocycles. The topological polar surface area (TPSA) is 63.1 Å². The summed E-state index contributed by atoms with van der Waals surface area (Å²) in [7, 11) is 0. The van der Waals surface area contributed by atoms with Crippen LogP contribution in [0.15, 0.2) is 18.2 Å². The Balaban J connectivity index is 1.49. The molecule has 1 amide bonds. The van der Waals surface area contributed by atoms with Gasteiger partial charge in [0.15, 0.2) is 0 Å². The molecule has 0 atom stereocenters. The quantitative estimate of drug-likeness (QED) is 0.829. The lowest BCUT2D eigenvalue weighted by molar-refractivity contribution is 0.0951. The first-order valence-corrected chi connectivity index (χ1v) is 8.61. The van der Waals surface area contributed by atoms with Gasteiger partial charge in [0, 0.05) is 18.7 Å². The zero-order valence-corrected chi connectivity index (χ0v) is 13.8. The first-order chi connectivity index (χ1) is 11.3. The molecule has 2 aromatic rings. The largest absolute Gasteiger partial charge is 0.352 e. The molecule has 2 heterocycles. The van der Waals surface area contributed by atoms with Crippen molar-refractivity contribution in [2.24, 2.45) is 0 Å². The summed E-state index contributed by atoms with van der Waals surface area (Å²) in [5, 5.41) is 11.2. The normalized spacial score (nSPS) is 15.9. The molecule has 0 saturated carbocycles. The fourth-order valence-corrected chi connectivity index (χ4v) is 3.14. The van der Waals surface area contributed by atoms with Crippen LogP contribution in [0.25, 0.3) is 11.0 Å². The monoisotopic (exact) mass is 315 g/mol. The van der Waals surface area contributed by atoms with Gasteiger partial charge in [-0.15, -0.1) is 5.10 Å². The Morgan fingerprint density at radius 3 is 2.87 bits per heavy atom. The molecule has 0 bridgehead atoms. The third-order valence-electron chi connectivity index (χ3n) is 4.46. The third-order valence-corrected chi connectivity index (χ3v) is 4.46. The standard InChI is InChI=1S/C17H25N5O/c1-2-22-16-8-7-14(13-15(16)19-20-22)17(23)18-9-6-12-21-10-4-3-5-11-21/h7-8,13H,2-6,9-12H2,1H3,(H,18,23). The summed E-state index contributed by atoms with van der Waals surface area (Å²) in [6, 6.07) is 5.58. The number of benzene rings is 1. The minimum atomic E-state index is -0.0309.